The van der Waals surface area contributed by atoms with E-state index in [9.17, 15) is 4.79 Å². The lowest BCUT2D eigenvalue weighted by molar-refractivity contribution is 0.0975. The fraction of sp³-hybridized carbons (Fsp3) is 0.167. The van der Waals surface area contributed by atoms with Crippen LogP contribution in [-0.4, -0.2) is 30.1 Å². The van der Waals surface area contributed by atoms with Crippen molar-refractivity contribution in [2.24, 2.45) is 5.73 Å². The number of carbonyl (C=O) groups is 1. The van der Waals surface area contributed by atoms with Gasteiger partial charge in [0.1, 0.15) is 5.82 Å². The molecule has 2 heterocycles. The zero-order valence-electron chi connectivity index (χ0n) is 14.9. The van der Waals surface area contributed by atoms with Gasteiger partial charge in [-0.25, -0.2) is 4.98 Å². The van der Waals surface area contributed by atoms with Crippen LogP contribution in [0, 0.1) is 0 Å². The highest BCUT2D eigenvalue weighted by molar-refractivity contribution is 5.98. The predicted octanol–water partition coefficient (Wildman–Crippen LogP) is 1.61. The minimum Gasteiger partial charge on any atom is -0.493 e. The molecule has 1 aromatic carbocycles. The maximum Gasteiger partial charge on any atom is 0.285 e. The molecule has 3 rings (SSSR count). The molecule has 2 aromatic heterocycles. The van der Waals surface area contributed by atoms with Crippen molar-refractivity contribution < 1.29 is 18.7 Å². The first-order chi connectivity index (χ1) is 12.9. The van der Waals surface area contributed by atoms with E-state index in [0.29, 0.717) is 40.4 Å². The Morgan fingerprint density at radius 2 is 1.96 bits per heavy atom. The smallest absolute Gasteiger partial charge is 0.285 e. The second-order valence-electron chi connectivity index (χ2n) is 5.72. The van der Waals surface area contributed by atoms with E-state index in [1.54, 1.807) is 12.3 Å². The molecular weight excluding hydrogens is 350 g/mol. The Balaban J connectivity index is 2.14. The summed E-state index contributed by atoms with van der Waals surface area (Å²) in [6, 6.07) is 5.29. The molecule has 140 valence electrons. The van der Waals surface area contributed by atoms with Gasteiger partial charge in [-0.2, -0.15) is 4.98 Å². The van der Waals surface area contributed by atoms with Gasteiger partial charge in [-0.15, -0.1) is 0 Å². The molecule has 0 aliphatic carbocycles. The highest BCUT2D eigenvalue weighted by atomic mass is 16.5. The summed E-state index contributed by atoms with van der Waals surface area (Å²) in [5.41, 5.74) is 19.5. The number of methoxy groups -OCH3 is 2. The number of nitrogens with zero attached hydrogens (tertiary/aromatic N) is 2. The van der Waals surface area contributed by atoms with E-state index in [4.69, 9.17) is 31.1 Å². The monoisotopic (exact) mass is 369 g/mol. The minimum atomic E-state index is -0.683. The Bertz CT molecular complexity index is 999. The summed E-state index contributed by atoms with van der Waals surface area (Å²) in [6.07, 6.45) is 3.38. The summed E-state index contributed by atoms with van der Waals surface area (Å²) < 4.78 is 16.2. The number of aromatic nitrogens is 2. The van der Waals surface area contributed by atoms with Crippen LogP contribution in [0.2, 0.25) is 0 Å². The highest BCUT2D eigenvalue weighted by Crippen LogP contribution is 2.41. The molecule has 0 aliphatic heterocycles. The van der Waals surface area contributed by atoms with E-state index < -0.39 is 5.91 Å². The normalized spacial score (nSPS) is 10.6. The summed E-state index contributed by atoms with van der Waals surface area (Å²) in [6.45, 7) is 0. The zero-order valence-corrected chi connectivity index (χ0v) is 14.9. The number of furan rings is 1. The number of anilines is 2. The predicted molar refractivity (Wildman–Crippen MR) is 99.4 cm³/mol. The Morgan fingerprint density at radius 3 is 2.59 bits per heavy atom. The fourth-order valence-corrected chi connectivity index (χ4v) is 2.83. The standard InChI is InChI=1S/C18H19N5O4/c1-25-13-7-9(5-10-8-22-18(21)23-16(10)19)6-12(14(13)26-2)11-3-4-27-15(11)17(20)24/h3-4,6-8H,5H2,1-2H3,(H2,20,24)(H4,19,21,22,23). The van der Waals surface area contributed by atoms with Gasteiger partial charge in [-0.05, 0) is 23.8 Å². The lowest BCUT2D eigenvalue weighted by Gasteiger charge is -2.15. The van der Waals surface area contributed by atoms with Gasteiger partial charge >= 0.3 is 0 Å². The van der Waals surface area contributed by atoms with Crippen molar-refractivity contribution in [1.29, 1.82) is 0 Å². The van der Waals surface area contributed by atoms with Crippen molar-refractivity contribution in [2.45, 2.75) is 6.42 Å². The van der Waals surface area contributed by atoms with Crippen molar-refractivity contribution in [3.63, 3.8) is 0 Å². The van der Waals surface area contributed by atoms with Crippen LogP contribution in [0.15, 0.2) is 35.1 Å². The molecule has 0 unspecified atom stereocenters. The zero-order chi connectivity index (χ0) is 19.6. The average molecular weight is 369 g/mol. The highest BCUT2D eigenvalue weighted by Gasteiger charge is 2.21. The SMILES string of the molecule is COc1cc(Cc2cnc(N)nc2N)cc(-c2ccoc2C(N)=O)c1OC. The molecule has 0 spiro atoms. The Labute approximate surface area is 155 Å². The van der Waals surface area contributed by atoms with Gasteiger partial charge in [0.25, 0.3) is 5.91 Å². The maximum atomic E-state index is 11.7. The molecule has 0 bridgehead atoms. The van der Waals surface area contributed by atoms with Crippen LogP contribution >= 0.6 is 0 Å². The molecule has 0 saturated carbocycles. The van der Waals surface area contributed by atoms with Gasteiger partial charge in [0.05, 0.1) is 20.5 Å². The molecule has 3 aromatic rings. The Kier molecular flexibility index (Phi) is 4.84. The number of nitrogens with two attached hydrogens (primary N) is 3. The van der Waals surface area contributed by atoms with Crippen LogP contribution in [0.1, 0.15) is 21.7 Å². The largest absolute Gasteiger partial charge is 0.493 e. The summed E-state index contributed by atoms with van der Waals surface area (Å²) in [7, 11) is 3.04. The van der Waals surface area contributed by atoms with E-state index in [0.717, 1.165) is 5.56 Å². The van der Waals surface area contributed by atoms with Crippen LogP contribution in [0.25, 0.3) is 11.1 Å². The van der Waals surface area contributed by atoms with Gasteiger partial charge in [-0.3, -0.25) is 4.79 Å². The van der Waals surface area contributed by atoms with Crippen LogP contribution in [0.5, 0.6) is 11.5 Å². The van der Waals surface area contributed by atoms with E-state index in [2.05, 4.69) is 9.97 Å². The van der Waals surface area contributed by atoms with Gasteiger partial charge in [0, 0.05) is 29.3 Å². The van der Waals surface area contributed by atoms with E-state index in [-0.39, 0.29) is 11.7 Å². The Hall–Kier alpha value is -3.75. The molecule has 27 heavy (non-hydrogen) atoms. The van der Waals surface area contributed by atoms with E-state index >= 15 is 0 Å². The van der Waals surface area contributed by atoms with Crippen LogP contribution < -0.4 is 26.7 Å². The van der Waals surface area contributed by atoms with Crippen molar-refractivity contribution in [1.82, 2.24) is 9.97 Å². The van der Waals surface area contributed by atoms with Crippen molar-refractivity contribution in [3.8, 4) is 22.6 Å². The summed E-state index contributed by atoms with van der Waals surface area (Å²) in [5, 5.41) is 0. The third-order valence-corrected chi connectivity index (χ3v) is 4.03. The van der Waals surface area contributed by atoms with Gasteiger partial charge in [-0.1, -0.05) is 0 Å². The number of hydrogen-bond acceptors (Lipinski definition) is 8. The molecule has 0 aliphatic rings. The summed E-state index contributed by atoms with van der Waals surface area (Å²) >= 11 is 0. The number of ether oxygens (including phenoxy) is 2. The van der Waals surface area contributed by atoms with Crippen molar-refractivity contribution in [2.75, 3.05) is 25.7 Å². The number of carbonyl (C=O) groups excluding carboxylic acids is 1. The second kappa shape index (κ2) is 7.24. The van der Waals surface area contributed by atoms with Gasteiger partial charge in [0.15, 0.2) is 17.3 Å². The summed E-state index contributed by atoms with van der Waals surface area (Å²) in [4.78, 5) is 19.6. The number of amides is 1. The number of hydrogen-bond donors (Lipinski definition) is 3. The first-order valence-corrected chi connectivity index (χ1v) is 7.94. The molecule has 0 radical (unpaired) electrons. The molecule has 9 heteroatoms. The molecule has 9 nitrogen and oxygen atoms in total. The van der Waals surface area contributed by atoms with Crippen LogP contribution in [-0.2, 0) is 6.42 Å². The quantitative estimate of drug-likeness (QED) is 0.592. The molecule has 0 atom stereocenters. The first-order valence-electron chi connectivity index (χ1n) is 7.94. The average Bonchev–Trinajstić information content (AvgIpc) is 3.13. The van der Waals surface area contributed by atoms with Crippen molar-refractivity contribution in [3.05, 3.63) is 47.5 Å². The number of rotatable bonds is 6. The Morgan fingerprint density at radius 1 is 1.19 bits per heavy atom. The topological polar surface area (TPSA) is 153 Å². The fourth-order valence-electron chi connectivity index (χ4n) is 2.83. The minimum absolute atomic E-state index is 0.0304. The molecule has 0 saturated heterocycles. The number of primary amides is 1. The molecule has 6 N–H and O–H groups in total. The number of nitrogen functional groups attached to an aromatic ring is 2. The lowest BCUT2D eigenvalue weighted by atomic mass is 9.98. The number of benzene rings is 1. The molecule has 0 fully saturated rings. The van der Waals surface area contributed by atoms with Gasteiger partial charge < -0.3 is 31.1 Å². The summed E-state index contributed by atoms with van der Waals surface area (Å²) in [5.74, 6) is 0.678. The second-order valence-corrected chi connectivity index (χ2v) is 5.72. The third kappa shape index (κ3) is 3.47. The van der Waals surface area contributed by atoms with Crippen LogP contribution in [0.3, 0.4) is 0 Å². The maximum absolute atomic E-state index is 11.7. The molecule has 1 amide bonds. The molecular formula is C18H19N5O4. The van der Waals surface area contributed by atoms with Crippen molar-refractivity contribution >= 4 is 17.7 Å². The van der Waals surface area contributed by atoms with E-state index in [1.165, 1.54) is 20.5 Å². The van der Waals surface area contributed by atoms with Crippen LogP contribution in [0.4, 0.5) is 11.8 Å². The first kappa shape index (κ1) is 18.1. The lowest BCUT2D eigenvalue weighted by Crippen LogP contribution is -2.11. The third-order valence-electron chi connectivity index (χ3n) is 4.03. The van der Waals surface area contributed by atoms with E-state index in [1.807, 2.05) is 12.1 Å². The van der Waals surface area contributed by atoms with Gasteiger partial charge in [0.2, 0.25) is 5.95 Å².